The molecule has 160 valence electrons. The van der Waals surface area contributed by atoms with E-state index in [1.807, 2.05) is 18.3 Å². The van der Waals surface area contributed by atoms with Crippen LogP contribution in [0.15, 0.2) is 47.7 Å². The number of piperazine rings is 1. The summed E-state index contributed by atoms with van der Waals surface area (Å²) in [5.41, 5.74) is 0.455. The van der Waals surface area contributed by atoms with Crippen molar-refractivity contribution in [3.05, 3.63) is 53.2 Å². The van der Waals surface area contributed by atoms with Gasteiger partial charge < -0.3 is 14.7 Å². The van der Waals surface area contributed by atoms with Crippen LogP contribution >= 0.6 is 0 Å². The highest BCUT2D eigenvalue weighted by Crippen LogP contribution is 2.20. The zero-order valence-electron chi connectivity index (χ0n) is 17.4. The molecule has 2 aromatic heterocycles. The van der Waals surface area contributed by atoms with Gasteiger partial charge in [-0.3, -0.25) is 14.2 Å². The van der Waals surface area contributed by atoms with Crippen LogP contribution in [0.25, 0.3) is 10.9 Å². The number of anilines is 2. The molecule has 0 N–H and O–H groups in total. The molecule has 0 radical (unpaired) electrons. The number of aromatic nitrogens is 4. The third kappa shape index (κ3) is 3.95. The predicted octanol–water partition coefficient (Wildman–Crippen LogP) is 1.14. The fourth-order valence-corrected chi connectivity index (χ4v) is 4.23. The molecule has 2 saturated heterocycles. The van der Waals surface area contributed by atoms with Crippen molar-refractivity contribution in [3.63, 3.8) is 0 Å². The normalized spacial score (nSPS) is 16.8. The molecule has 0 aliphatic carbocycles. The van der Waals surface area contributed by atoms with E-state index in [2.05, 4.69) is 19.8 Å². The molecular weight excluding hydrogens is 394 g/mol. The van der Waals surface area contributed by atoms with Crippen LogP contribution in [0.5, 0.6) is 0 Å². The van der Waals surface area contributed by atoms with Gasteiger partial charge >= 0.3 is 0 Å². The SMILES string of the molecule is O=C(Cn1cnc2ccccc2c1=O)N1CCN(c2ccnc(N3CCCC3)n2)CC1. The minimum atomic E-state index is -0.187. The van der Waals surface area contributed by atoms with Gasteiger partial charge in [-0.25, -0.2) is 9.97 Å². The number of rotatable bonds is 4. The van der Waals surface area contributed by atoms with Crippen LogP contribution in [0, 0.1) is 0 Å². The minimum Gasteiger partial charge on any atom is -0.353 e. The van der Waals surface area contributed by atoms with E-state index in [0.29, 0.717) is 37.1 Å². The predicted molar refractivity (Wildman–Crippen MR) is 118 cm³/mol. The zero-order chi connectivity index (χ0) is 21.2. The van der Waals surface area contributed by atoms with E-state index < -0.39 is 0 Å². The van der Waals surface area contributed by atoms with Crippen molar-refractivity contribution < 1.29 is 4.79 Å². The summed E-state index contributed by atoms with van der Waals surface area (Å²) in [6, 6.07) is 9.11. The summed E-state index contributed by atoms with van der Waals surface area (Å²) in [4.78, 5) is 45.1. The number of para-hydroxylation sites is 1. The molecule has 0 bridgehead atoms. The molecule has 9 nitrogen and oxygen atoms in total. The third-order valence-electron chi connectivity index (χ3n) is 6.01. The maximum atomic E-state index is 12.8. The third-order valence-corrected chi connectivity index (χ3v) is 6.01. The summed E-state index contributed by atoms with van der Waals surface area (Å²) in [5.74, 6) is 1.62. The van der Waals surface area contributed by atoms with Gasteiger partial charge in [0.1, 0.15) is 12.4 Å². The average molecular weight is 419 g/mol. The standard InChI is InChI=1S/C22H25N7O2/c30-20(15-29-16-24-18-6-2-1-5-17(18)21(29)31)27-13-11-26(12-14-27)19-7-8-23-22(25-19)28-9-3-4-10-28/h1-2,5-8,16H,3-4,9-15H2. The Labute approximate surface area is 179 Å². The minimum absolute atomic E-state index is 0.00326. The summed E-state index contributed by atoms with van der Waals surface area (Å²) in [6.45, 7) is 4.61. The lowest BCUT2D eigenvalue weighted by Gasteiger charge is -2.35. The number of carbonyl (C=O) groups excluding carboxylic acids is 1. The average Bonchev–Trinajstić information content (AvgIpc) is 3.36. The van der Waals surface area contributed by atoms with Gasteiger partial charge in [-0.1, -0.05) is 12.1 Å². The Morgan fingerprint density at radius 3 is 2.48 bits per heavy atom. The Kier molecular flexibility index (Phi) is 5.23. The van der Waals surface area contributed by atoms with Gasteiger partial charge in [0.15, 0.2) is 0 Å². The van der Waals surface area contributed by atoms with Crippen molar-refractivity contribution in [2.45, 2.75) is 19.4 Å². The first-order valence-electron chi connectivity index (χ1n) is 10.7. The van der Waals surface area contributed by atoms with Gasteiger partial charge in [0.2, 0.25) is 11.9 Å². The molecule has 0 saturated carbocycles. The fourth-order valence-electron chi connectivity index (χ4n) is 4.23. The topological polar surface area (TPSA) is 87.5 Å². The number of nitrogens with zero attached hydrogens (tertiary/aromatic N) is 7. The largest absolute Gasteiger partial charge is 0.353 e. The number of amides is 1. The van der Waals surface area contributed by atoms with Gasteiger partial charge in [0.05, 0.1) is 17.2 Å². The van der Waals surface area contributed by atoms with Crippen molar-refractivity contribution in [2.75, 3.05) is 49.1 Å². The molecule has 0 atom stereocenters. The van der Waals surface area contributed by atoms with Gasteiger partial charge in [-0.15, -0.1) is 0 Å². The lowest BCUT2D eigenvalue weighted by atomic mass is 10.2. The van der Waals surface area contributed by atoms with E-state index in [1.165, 1.54) is 23.7 Å². The van der Waals surface area contributed by atoms with Crippen LogP contribution in [0.3, 0.4) is 0 Å². The summed E-state index contributed by atoms with van der Waals surface area (Å²) in [5, 5.41) is 0.528. The molecular formula is C22H25N7O2. The molecule has 1 aromatic carbocycles. The Morgan fingerprint density at radius 1 is 0.903 bits per heavy atom. The molecule has 2 aliphatic rings. The summed E-state index contributed by atoms with van der Waals surface area (Å²) < 4.78 is 1.39. The van der Waals surface area contributed by atoms with E-state index in [-0.39, 0.29) is 18.0 Å². The van der Waals surface area contributed by atoms with E-state index >= 15 is 0 Å². The monoisotopic (exact) mass is 419 g/mol. The maximum Gasteiger partial charge on any atom is 0.261 e. The Hall–Kier alpha value is -3.49. The van der Waals surface area contributed by atoms with Crippen LogP contribution in [-0.2, 0) is 11.3 Å². The van der Waals surface area contributed by atoms with Crippen LogP contribution in [0.2, 0.25) is 0 Å². The van der Waals surface area contributed by atoms with Gasteiger partial charge in [0.25, 0.3) is 5.56 Å². The van der Waals surface area contributed by atoms with Crippen molar-refractivity contribution >= 4 is 28.6 Å². The molecule has 0 unspecified atom stereocenters. The Bertz CT molecular complexity index is 1150. The number of hydrogen-bond acceptors (Lipinski definition) is 7. The molecule has 5 rings (SSSR count). The second-order valence-corrected chi connectivity index (χ2v) is 7.97. The fraction of sp³-hybridized carbons (Fsp3) is 0.409. The molecule has 1 amide bonds. The van der Waals surface area contributed by atoms with Crippen LogP contribution in [0.4, 0.5) is 11.8 Å². The zero-order valence-corrected chi connectivity index (χ0v) is 17.4. The maximum absolute atomic E-state index is 12.8. The highest BCUT2D eigenvalue weighted by Gasteiger charge is 2.23. The highest BCUT2D eigenvalue weighted by molar-refractivity contribution is 5.79. The second-order valence-electron chi connectivity index (χ2n) is 7.97. The summed E-state index contributed by atoms with van der Waals surface area (Å²) in [7, 11) is 0. The first-order chi connectivity index (χ1) is 15.2. The Balaban J connectivity index is 1.23. The second kappa shape index (κ2) is 8.33. The van der Waals surface area contributed by atoms with Crippen molar-refractivity contribution in [1.82, 2.24) is 24.4 Å². The number of fused-ring (bicyclic) bond motifs is 1. The molecule has 0 spiro atoms. The first kappa shape index (κ1) is 19.5. The van der Waals surface area contributed by atoms with Crippen LogP contribution in [-0.4, -0.2) is 69.6 Å². The molecule has 3 aromatic rings. The van der Waals surface area contributed by atoms with Crippen LogP contribution < -0.4 is 15.4 Å². The molecule has 4 heterocycles. The van der Waals surface area contributed by atoms with Crippen molar-refractivity contribution in [3.8, 4) is 0 Å². The smallest absolute Gasteiger partial charge is 0.261 e. The molecule has 9 heteroatoms. The molecule has 2 fully saturated rings. The quantitative estimate of drug-likeness (QED) is 0.627. The van der Waals surface area contributed by atoms with Gasteiger partial charge in [0, 0.05) is 45.5 Å². The van der Waals surface area contributed by atoms with Gasteiger partial charge in [-0.05, 0) is 31.0 Å². The Morgan fingerprint density at radius 2 is 1.68 bits per heavy atom. The number of benzene rings is 1. The first-order valence-corrected chi connectivity index (χ1v) is 10.7. The van der Waals surface area contributed by atoms with E-state index in [4.69, 9.17) is 4.98 Å². The number of hydrogen-bond donors (Lipinski definition) is 0. The van der Waals surface area contributed by atoms with Crippen molar-refractivity contribution in [1.29, 1.82) is 0 Å². The summed E-state index contributed by atoms with van der Waals surface area (Å²) in [6.07, 6.45) is 5.64. The molecule has 2 aliphatic heterocycles. The van der Waals surface area contributed by atoms with Crippen LogP contribution in [0.1, 0.15) is 12.8 Å². The van der Waals surface area contributed by atoms with E-state index in [9.17, 15) is 9.59 Å². The molecule has 31 heavy (non-hydrogen) atoms. The lowest BCUT2D eigenvalue weighted by Crippen LogP contribution is -2.50. The highest BCUT2D eigenvalue weighted by atomic mass is 16.2. The summed E-state index contributed by atoms with van der Waals surface area (Å²) >= 11 is 0. The van der Waals surface area contributed by atoms with E-state index in [1.54, 1.807) is 23.1 Å². The van der Waals surface area contributed by atoms with E-state index in [0.717, 1.165) is 24.9 Å². The number of carbonyl (C=O) groups is 1. The lowest BCUT2D eigenvalue weighted by molar-refractivity contribution is -0.132. The van der Waals surface area contributed by atoms with Crippen molar-refractivity contribution in [2.24, 2.45) is 0 Å². The van der Waals surface area contributed by atoms with Gasteiger partial charge in [-0.2, -0.15) is 4.98 Å².